The molecule has 0 radical (unpaired) electrons. The van der Waals surface area contributed by atoms with E-state index in [1.807, 2.05) is 12.1 Å². The molecule has 1 N–H and O–H groups in total. The number of hydrogen-bond donors (Lipinski definition) is 1. The lowest BCUT2D eigenvalue weighted by atomic mass is 10.1. The third-order valence-corrected chi connectivity index (χ3v) is 4.94. The van der Waals surface area contributed by atoms with Crippen LogP contribution in [0, 0.1) is 0 Å². The van der Waals surface area contributed by atoms with Crippen molar-refractivity contribution in [2.45, 2.75) is 18.9 Å². The number of thiophene rings is 1. The smallest absolute Gasteiger partial charge is 0.178 e. The Morgan fingerprint density at radius 1 is 1.43 bits per heavy atom. The van der Waals surface area contributed by atoms with E-state index in [1.54, 1.807) is 28.5 Å². The first-order chi connectivity index (χ1) is 10.3. The van der Waals surface area contributed by atoms with Crippen molar-refractivity contribution >= 4 is 28.6 Å². The number of aryl methyl sites for hydroxylation is 1. The van der Waals surface area contributed by atoms with Crippen LogP contribution in [-0.4, -0.2) is 19.7 Å². The Morgan fingerprint density at radius 3 is 3.24 bits per heavy atom. The molecule has 3 heterocycles. The van der Waals surface area contributed by atoms with Crippen LogP contribution in [0.15, 0.2) is 37.1 Å². The molecule has 3 aromatic rings. The number of nitrogens with zero attached hydrogens (tertiary/aromatic N) is 4. The Morgan fingerprint density at radius 2 is 2.38 bits per heavy atom. The molecule has 5 nitrogen and oxygen atoms in total. The number of hydrogen-bond acceptors (Lipinski definition) is 5. The van der Waals surface area contributed by atoms with Crippen LogP contribution in [0.2, 0.25) is 4.34 Å². The van der Waals surface area contributed by atoms with E-state index in [0.717, 1.165) is 28.7 Å². The van der Waals surface area contributed by atoms with Gasteiger partial charge in [-0.1, -0.05) is 11.6 Å². The van der Waals surface area contributed by atoms with Crippen molar-refractivity contribution in [2.24, 2.45) is 0 Å². The third kappa shape index (κ3) is 2.30. The molecule has 0 amide bonds. The van der Waals surface area contributed by atoms with Gasteiger partial charge in [0.25, 0.3) is 0 Å². The van der Waals surface area contributed by atoms with Crippen LogP contribution >= 0.6 is 22.9 Å². The van der Waals surface area contributed by atoms with Crippen molar-refractivity contribution in [3.8, 4) is 5.82 Å². The van der Waals surface area contributed by atoms with E-state index in [0.29, 0.717) is 0 Å². The molecule has 3 aromatic heterocycles. The van der Waals surface area contributed by atoms with Crippen LogP contribution in [0.1, 0.15) is 22.9 Å². The third-order valence-electron chi connectivity index (χ3n) is 3.60. The minimum atomic E-state index is 0.273. The Bertz CT molecular complexity index is 768. The standard InChI is InChI=1S/C14H12ClN5S/c15-13-6-9-10(3-4-12(9)21-13)19-11-2-1-5-17-14(11)20-8-16-7-18-20/h1-2,5-8,10,19H,3-4H2. The number of aromatic nitrogens is 4. The number of halogens is 1. The maximum Gasteiger partial charge on any atom is 0.178 e. The van der Waals surface area contributed by atoms with Crippen molar-refractivity contribution in [1.29, 1.82) is 0 Å². The Labute approximate surface area is 130 Å². The number of fused-ring (bicyclic) bond motifs is 1. The van der Waals surface area contributed by atoms with Gasteiger partial charge in [-0.3, -0.25) is 0 Å². The lowest BCUT2D eigenvalue weighted by Gasteiger charge is -2.16. The molecule has 0 bridgehead atoms. The normalized spacial score (nSPS) is 16.9. The molecule has 1 aliphatic rings. The van der Waals surface area contributed by atoms with E-state index in [1.165, 1.54) is 16.8 Å². The highest BCUT2D eigenvalue weighted by Gasteiger charge is 2.25. The monoisotopic (exact) mass is 317 g/mol. The summed E-state index contributed by atoms with van der Waals surface area (Å²) in [6.45, 7) is 0. The largest absolute Gasteiger partial charge is 0.375 e. The average Bonchev–Trinajstić information content (AvgIpc) is 3.18. The number of anilines is 1. The zero-order valence-corrected chi connectivity index (χ0v) is 12.6. The topological polar surface area (TPSA) is 55.6 Å². The molecule has 0 aromatic carbocycles. The summed E-state index contributed by atoms with van der Waals surface area (Å²) in [5, 5.41) is 7.72. The number of nitrogens with one attached hydrogen (secondary N) is 1. The van der Waals surface area contributed by atoms with E-state index in [9.17, 15) is 0 Å². The quantitative estimate of drug-likeness (QED) is 0.803. The van der Waals surface area contributed by atoms with Crippen LogP contribution in [0.4, 0.5) is 5.69 Å². The highest BCUT2D eigenvalue weighted by molar-refractivity contribution is 7.16. The molecule has 7 heteroatoms. The second-order valence-corrected chi connectivity index (χ2v) is 6.65. The molecule has 1 atom stereocenters. The van der Waals surface area contributed by atoms with Crippen molar-refractivity contribution in [1.82, 2.24) is 19.7 Å². The summed E-state index contributed by atoms with van der Waals surface area (Å²) in [4.78, 5) is 9.76. The molecule has 4 rings (SSSR count). The predicted molar refractivity (Wildman–Crippen MR) is 83.2 cm³/mol. The van der Waals surface area contributed by atoms with Crippen LogP contribution in [0.3, 0.4) is 0 Å². The second kappa shape index (κ2) is 5.13. The molecule has 0 fully saturated rings. The van der Waals surface area contributed by atoms with Crippen LogP contribution in [0.25, 0.3) is 5.82 Å². The van der Waals surface area contributed by atoms with Crippen molar-refractivity contribution < 1.29 is 0 Å². The van der Waals surface area contributed by atoms with E-state index in [2.05, 4.69) is 26.4 Å². The lowest BCUT2D eigenvalue weighted by Crippen LogP contribution is -2.10. The molecule has 1 unspecified atom stereocenters. The summed E-state index contributed by atoms with van der Waals surface area (Å²) in [7, 11) is 0. The van der Waals surface area contributed by atoms with Gasteiger partial charge in [0.05, 0.1) is 16.1 Å². The van der Waals surface area contributed by atoms with Crippen LogP contribution in [0.5, 0.6) is 0 Å². The van der Waals surface area contributed by atoms with Crippen LogP contribution in [-0.2, 0) is 6.42 Å². The van der Waals surface area contributed by atoms with E-state index in [4.69, 9.17) is 11.6 Å². The maximum atomic E-state index is 6.12. The number of pyridine rings is 1. The van der Waals surface area contributed by atoms with Gasteiger partial charge in [0, 0.05) is 11.1 Å². The summed E-state index contributed by atoms with van der Waals surface area (Å²) in [5.41, 5.74) is 2.25. The van der Waals surface area contributed by atoms with E-state index < -0.39 is 0 Å². The predicted octanol–water partition coefficient (Wildman–Crippen LogP) is 3.48. The fraction of sp³-hybridized carbons (Fsp3) is 0.214. The van der Waals surface area contributed by atoms with Gasteiger partial charge in [0.2, 0.25) is 0 Å². The summed E-state index contributed by atoms with van der Waals surface area (Å²) in [5.74, 6) is 0.754. The van der Waals surface area contributed by atoms with Crippen molar-refractivity contribution in [3.05, 3.63) is 51.8 Å². The zero-order valence-electron chi connectivity index (χ0n) is 11.0. The van der Waals surface area contributed by atoms with E-state index in [-0.39, 0.29) is 6.04 Å². The molecule has 0 saturated carbocycles. The first-order valence-electron chi connectivity index (χ1n) is 6.66. The molecule has 0 aliphatic heterocycles. The maximum absolute atomic E-state index is 6.12. The molecule has 1 aliphatic carbocycles. The molecule has 106 valence electrons. The second-order valence-electron chi connectivity index (χ2n) is 4.88. The van der Waals surface area contributed by atoms with Gasteiger partial charge in [0.15, 0.2) is 5.82 Å². The van der Waals surface area contributed by atoms with Crippen molar-refractivity contribution in [3.63, 3.8) is 0 Å². The molecular formula is C14H12ClN5S. The van der Waals surface area contributed by atoms with Gasteiger partial charge in [-0.25, -0.2) is 14.6 Å². The Hall–Kier alpha value is -1.92. The fourth-order valence-electron chi connectivity index (χ4n) is 2.68. The van der Waals surface area contributed by atoms with Gasteiger partial charge in [-0.2, -0.15) is 5.10 Å². The first kappa shape index (κ1) is 12.8. The highest BCUT2D eigenvalue weighted by atomic mass is 35.5. The number of rotatable bonds is 3. The van der Waals surface area contributed by atoms with Gasteiger partial charge < -0.3 is 5.32 Å². The molecule has 21 heavy (non-hydrogen) atoms. The SMILES string of the molecule is Clc1cc2c(s1)CCC2Nc1cccnc1-n1cncn1. The lowest BCUT2D eigenvalue weighted by molar-refractivity contribution is 0.755. The van der Waals surface area contributed by atoms with Crippen LogP contribution < -0.4 is 5.32 Å². The molecule has 0 saturated heterocycles. The summed E-state index contributed by atoms with van der Waals surface area (Å²) >= 11 is 7.79. The van der Waals surface area contributed by atoms with Gasteiger partial charge in [-0.15, -0.1) is 11.3 Å². The molecular weight excluding hydrogens is 306 g/mol. The summed E-state index contributed by atoms with van der Waals surface area (Å²) in [6, 6.07) is 6.27. The van der Waals surface area contributed by atoms with Gasteiger partial charge in [-0.05, 0) is 36.6 Å². The minimum Gasteiger partial charge on any atom is -0.375 e. The van der Waals surface area contributed by atoms with E-state index >= 15 is 0 Å². The molecule has 0 spiro atoms. The highest BCUT2D eigenvalue weighted by Crippen LogP contribution is 2.41. The Kier molecular flexibility index (Phi) is 3.12. The Balaban J connectivity index is 1.67. The zero-order chi connectivity index (χ0) is 14.2. The average molecular weight is 318 g/mol. The summed E-state index contributed by atoms with van der Waals surface area (Å²) in [6.07, 6.45) is 7.05. The first-order valence-corrected chi connectivity index (χ1v) is 7.85. The van der Waals surface area contributed by atoms with Crippen molar-refractivity contribution in [2.75, 3.05) is 5.32 Å². The van der Waals surface area contributed by atoms with Gasteiger partial charge in [0.1, 0.15) is 12.7 Å². The fourth-order valence-corrected chi connectivity index (χ4v) is 4.03. The van der Waals surface area contributed by atoms with Gasteiger partial charge >= 0.3 is 0 Å². The minimum absolute atomic E-state index is 0.273. The summed E-state index contributed by atoms with van der Waals surface area (Å²) < 4.78 is 2.52.